The van der Waals surface area contributed by atoms with Gasteiger partial charge in [0.15, 0.2) is 4.77 Å². The van der Waals surface area contributed by atoms with E-state index in [2.05, 4.69) is 30.3 Å². The van der Waals surface area contributed by atoms with Crippen LogP contribution >= 0.6 is 35.4 Å². The van der Waals surface area contributed by atoms with Crippen LogP contribution in [0, 0.1) is 4.77 Å². The van der Waals surface area contributed by atoms with Crippen molar-refractivity contribution in [3.8, 4) is 0 Å². The zero-order valence-electron chi connectivity index (χ0n) is 11.8. The summed E-state index contributed by atoms with van der Waals surface area (Å²) in [6.07, 6.45) is 2.82. The third-order valence-corrected chi connectivity index (χ3v) is 4.18. The second-order valence-electron chi connectivity index (χ2n) is 5.87. The molecule has 0 bridgehead atoms. The average molecular weight is 329 g/mol. The van der Waals surface area contributed by atoms with E-state index in [0.29, 0.717) is 10.0 Å². The lowest BCUT2D eigenvalue weighted by atomic mass is 9.92. The topological polar surface area (TPSA) is 20.7 Å². The van der Waals surface area contributed by atoms with Crippen molar-refractivity contribution in [2.24, 2.45) is 0 Å². The van der Waals surface area contributed by atoms with E-state index in [9.17, 15) is 0 Å². The summed E-state index contributed by atoms with van der Waals surface area (Å²) >= 11 is 17.5. The van der Waals surface area contributed by atoms with E-state index in [1.165, 1.54) is 5.69 Å². The number of H-pyrrole nitrogens is 1. The maximum absolute atomic E-state index is 6.21. The third kappa shape index (κ3) is 3.46. The molecule has 0 aliphatic rings. The normalized spacial score (nSPS) is 11.8. The van der Waals surface area contributed by atoms with Gasteiger partial charge in [-0.1, -0.05) is 50.0 Å². The Labute approximate surface area is 134 Å². The molecule has 0 aliphatic heterocycles. The molecule has 1 aromatic carbocycles. The van der Waals surface area contributed by atoms with E-state index in [1.54, 1.807) is 6.07 Å². The van der Waals surface area contributed by atoms with Gasteiger partial charge in [0, 0.05) is 33.9 Å². The van der Waals surface area contributed by atoms with Gasteiger partial charge < -0.3 is 9.55 Å². The highest BCUT2D eigenvalue weighted by molar-refractivity contribution is 7.71. The summed E-state index contributed by atoms with van der Waals surface area (Å²) in [7, 11) is 0. The second kappa shape index (κ2) is 5.92. The third-order valence-electron chi connectivity index (χ3n) is 3.26. The van der Waals surface area contributed by atoms with Crippen LogP contribution in [0.3, 0.4) is 0 Å². The fourth-order valence-corrected chi connectivity index (χ4v) is 2.95. The largest absolute Gasteiger partial charge is 0.337 e. The van der Waals surface area contributed by atoms with Crippen LogP contribution < -0.4 is 0 Å². The lowest BCUT2D eigenvalue weighted by Gasteiger charge is -2.20. The van der Waals surface area contributed by atoms with E-state index < -0.39 is 0 Å². The van der Waals surface area contributed by atoms with Crippen molar-refractivity contribution in [1.29, 1.82) is 0 Å². The van der Waals surface area contributed by atoms with Crippen molar-refractivity contribution in [3.05, 3.63) is 50.5 Å². The fourth-order valence-electron chi connectivity index (χ4n) is 2.20. The first-order valence-electron chi connectivity index (χ1n) is 6.51. The minimum atomic E-state index is 0.0529. The Kier molecular flexibility index (Phi) is 4.62. The summed E-state index contributed by atoms with van der Waals surface area (Å²) in [5, 5.41) is 1.37. The number of imidazole rings is 1. The Bertz CT molecular complexity index is 665. The van der Waals surface area contributed by atoms with Crippen molar-refractivity contribution in [1.82, 2.24) is 9.55 Å². The molecule has 0 fully saturated rings. The minimum absolute atomic E-state index is 0.0529. The molecule has 0 spiro atoms. The molecule has 108 valence electrons. The molecule has 0 atom stereocenters. The number of aromatic nitrogens is 2. The molecular weight excluding hydrogens is 311 g/mol. The highest BCUT2D eigenvalue weighted by atomic mass is 35.5. The molecule has 0 radical (unpaired) electrons. The Morgan fingerprint density at radius 2 is 1.95 bits per heavy atom. The van der Waals surface area contributed by atoms with Crippen molar-refractivity contribution < 1.29 is 0 Å². The number of hydrogen-bond acceptors (Lipinski definition) is 1. The molecule has 0 saturated heterocycles. The smallest absolute Gasteiger partial charge is 0.177 e. The van der Waals surface area contributed by atoms with E-state index in [0.717, 1.165) is 23.3 Å². The molecule has 2 aromatic rings. The Balaban J connectivity index is 2.23. The van der Waals surface area contributed by atoms with Gasteiger partial charge >= 0.3 is 0 Å². The van der Waals surface area contributed by atoms with Crippen LogP contribution in [0.5, 0.6) is 0 Å². The molecule has 0 aliphatic carbocycles. The summed E-state index contributed by atoms with van der Waals surface area (Å²) in [5.74, 6) is 0. The van der Waals surface area contributed by atoms with Crippen molar-refractivity contribution in [2.45, 2.75) is 39.2 Å². The maximum Gasteiger partial charge on any atom is 0.177 e. The van der Waals surface area contributed by atoms with Gasteiger partial charge in [0.05, 0.1) is 0 Å². The first kappa shape index (κ1) is 15.6. The Morgan fingerprint density at radius 3 is 2.55 bits per heavy atom. The van der Waals surface area contributed by atoms with E-state index >= 15 is 0 Å². The summed E-state index contributed by atoms with van der Waals surface area (Å²) in [6, 6.07) is 5.61. The van der Waals surface area contributed by atoms with Gasteiger partial charge in [-0.2, -0.15) is 0 Å². The Morgan fingerprint density at radius 1 is 1.25 bits per heavy atom. The predicted molar refractivity (Wildman–Crippen MR) is 88.5 cm³/mol. The first-order chi connectivity index (χ1) is 9.29. The summed E-state index contributed by atoms with van der Waals surface area (Å²) in [4.78, 5) is 3.13. The second-order valence-corrected chi connectivity index (χ2v) is 7.10. The quantitative estimate of drug-likeness (QED) is 0.749. The van der Waals surface area contributed by atoms with Crippen LogP contribution in [0.15, 0.2) is 24.4 Å². The molecule has 5 heteroatoms. The van der Waals surface area contributed by atoms with Crippen molar-refractivity contribution in [2.75, 3.05) is 0 Å². The van der Waals surface area contributed by atoms with Crippen molar-refractivity contribution >= 4 is 35.4 Å². The molecule has 1 N–H and O–H groups in total. The highest BCUT2D eigenvalue weighted by Crippen LogP contribution is 2.25. The summed E-state index contributed by atoms with van der Waals surface area (Å²) < 4.78 is 2.89. The molecule has 1 aromatic heterocycles. The summed E-state index contributed by atoms with van der Waals surface area (Å²) in [5.41, 5.74) is 2.34. The number of aromatic amines is 1. The number of rotatable bonds is 3. The number of benzene rings is 1. The van der Waals surface area contributed by atoms with Gasteiger partial charge in [-0.25, -0.2) is 0 Å². The molecule has 0 saturated carbocycles. The monoisotopic (exact) mass is 328 g/mol. The molecule has 2 rings (SSSR count). The minimum Gasteiger partial charge on any atom is -0.337 e. The predicted octanol–water partition coefficient (Wildman–Crippen LogP) is 5.39. The fraction of sp³-hybridized carbons (Fsp3) is 0.400. The maximum atomic E-state index is 6.21. The van der Waals surface area contributed by atoms with Crippen LogP contribution in [0.4, 0.5) is 0 Å². The van der Waals surface area contributed by atoms with Gasteiger partial charge in [-0.15, -0.1) is 0 Å². The standard InChI is InChI=1S/C15H18Cl2N2S/c1-15(2,3)13-9-18-14(20)19(13)7-6-10-4-5-11(16)8-12(10)17/h4-5,8-9H,6-7H2,1-3H3,(H,18,20). The van der Waals surface area contributed by atoms with Crippen LogP contribution in [0.25, 0.3) is 0 Å². The van der Waals surface area contributed by atoms with Crippen LogP contribution in [0.2, 0.25) is 10.0 Å². The first-order valence-corrected chi connectivity index (χ1v) is 7.68. The van der Waals surface area contributed by atoms with Gasteiger partial charge in [-0.3, -0.25) is 0 Å². The number of nitrogens with one attached hydrogen (secondary N) is 1. The lowest BCUT2D eigenvalue weighted by molar-refractivity contribution is 0.514. The average Bonchev–Trinajstić information content (AvgIpc) is 2.69. The molecule has 0 amide bonds. The van der Waals surface area contributed by atoms with Gasteiger partial charge in [0.1, 0.15) is 0 Å². The van der Waals surface area contributed by atoms with Crippen molar-refractivity contribution in [3.63, 3.8) is 0 Å². The van der Waals surface area contributed by atoms with Gasteiger partial charge in [0.25, 0.3) is 0 Å². The Hall–Kier alpha value is -0.770. The van der Waals surface area contributed by atoms with Crippen LogP contribution in [-0.2, 0) is 18.4 Å². The van der Waals surface area contributed by atoms with Gasteiger partial charge in [0.2, 0.25) is 0 Å². The number of halogens is 2. The van der Waals surface area contributed by atoms with E-state index in [-0.39, 0.29) is 5.41 Å². The molecule has 0 unspecified atom stereocenters. The molecule has 2 nitrogen and oxygen atoms in total. The van der Waals surface area contributed by atoms with Crippen LogP contribution in [-0.4, -0.2) is 9.55 Å². The molecular formula is C15H18Cl2N2S. The highest BCUT2D eigenvalue weighted by Gasteiger charge is 2.19. The molecule has 20 heavy (non-hydrogen) atoms. The van der Waals surface area contributed by atoms with Gasteiger partial charge in [-0.05, 0) is 36.3 Å². The SMILES string of the molecule is CC(C)(C)c1c[nH]c(=S)n1CCc1ccc(Cl)cc1Cl. The zero-order chi connectivity index (χ0) is 14.9. The number of nitrogens with zero attached hydrogens (tertiary/aromatic N) is 1. The lowest BCUT2D eigenvalue weighted by Crippen LogP contribution is -2.18. The van der Waals surface area contributed by atoms with E-state index in [4.69, 9.17) is 35.4 Å². The zero-order valence-corrected chi connectivity index (χ0v) is 14.2. The summed E-state index contributed by atoms with van der Waals surface area (Å²) in [6.45, 7) is 7.33. The number of hydrogen-bond donors (Lipinski definition) is 1. The van der Waals surface area contributed by atoms with E-state index in [1.807, 2.05) is 18.3 Å². The van der Waals surface area contributed by atoms with Crippen LogP contribution in [0.1, 0.15) is 32.0 Å². The molecule has 1 heterocycles. The number of aryl methyl sites for hydroxylation is 1.